The first-order valence-electron chi connectivity index (χ1n) is 6.31. The largest absolute Gasteiger partial charge is 0.481 e. The zero-order chi connectivity index (χ0) is 13.4. The van der Waals surface area contributed by atoms with Crippen molar-refractivity contribution >= 4 is 12.0 Å². The molecule has 0 aliphatic carbocycles. The third-order valence-corrected chi connectivity index (χ3v) is 3.14. The minimum Gasteiger partial charge on any atom is -0.481 e. The molecule has 0 spiro atoms. The lowest BCUT2D eigenvalue weighted by molar-refractivity contribution is -0.138. The van der Waals surface area contributed by atoms with Crippen LogP contribution in [-0.4, -0.2) is 41.6 Å². The molecule has 1 aliphatic heterocycles. The third kappa shape index (κ3) is 5.09. The van der Waals surface area contributed by atoms with Crippen LogP contribution in [0, 0.1) is 18.3 Å². The standard InChI is InChI=1S/C13H20N2O3/c1-2-3-4-7-14-13(18)15-8-5-11(6-9-15)10-12(16)17/h1,11H,3-10H2,(H,14,18)(H,16,17). The summed E-state index contributed by atoms with van der Waals surface area (Å²) in [4.78, 5) is 24.1. The number of hydrogen-bond donors (Lipinski definition) is 2. The molecule has 1 saturated heterocycles. The van der Waals surface area contributed by atoms with Gasteiger partial charge >= 0.3 is 12.0 Å². The smallest absolute Gasteiger partial charge is 0.317 e. The quantitative estimate of drug-likeness (QED) is 0.572. The second-order valence-corrected chi connectivity index (χ2v) is 4.57. The molecular weight excluding hydrogens is 232 g/mol. The number of likely N-dealkylation sites (tertiary alicyclic amines) is 1. The van der Waals surface area contributed by atoms with E-state index >= 15 is 0 Å². The van der Waals surface area contributed by atoms with E-state index in [1.807, 2.05) is 0 Å². The van der Waals surface area contributed by atoms with Gasteiger partial charge < -0.3 is 15.3 Å². The van der Waals surface area contributed by atoms with Crippen LogP contribution in [0.2, 0.25) is 0 Å². The highest BCUT2D eigenvalue weighted by atomic mass is 16.4. The second-order valence-electron chi connectivity index (χ2n) is 4.57. The Labute approximate surface area is 108 Å². The lowest BCUT2D eigenvalue weighted by atomic mass is 9.94. The van der Waals surface area contributed by atoms with Gasteiger partial charge in [0, 0.05) is 32.5 Å². The van der Waals surface area contributed by atoms with Gasteiger partial charge in [-0.2, -0.15) is 0 Å². The predicted octanol–water partition coefficient (Wildman–Crippen LogP) is 1.30. The van der Waals surface area contributed by atoms with E-state index in [1.54, 1.807) is 4.90 Å². The SMILES string of the molecule is C#CCCCNC(=O)N1CCC(CC(=O)O)CC1. The van der Waals surface area contributed by atoms with E-state index in [-0.39, 0.29) is 18.4 Å². The van der Waals surface area contributed by atoms with E-state index in [0.29, 0.717) is 26.1 Å². The summed E-state index contributed by atoms with van der Waals surface area (Å²) in [5, 5.41) is 11.5. The van der Waals surface area contributed by atoms with Crippen molar-refractivity contribution in [3.63, 3.8) is 0 Å². The maximum Gasteiger partial charge on any atom is 0.317 e. The predicted molar refractivity (Wildman–Crippen MR) is 68.0 cm³/mol. The number of rotatable bonds is 5. The molecule has 2 N–H and O–H groups in total. The zero-order valence-electron chi connectivity index (χ0n) is 10.5. The summed E-state index contributed by atoms with van der Waals surface area (Å²) < 4.78 is 0. The number of hydrogen-bond acceptors (Lipinski definition) is 2. The molecule has 5 heteroatoms. The fourth-order valence-corrected chi connectivity index (χ4v) is 2.08. The second kappa shape index (κ2) is 7.59. The Bertz CT molecular complexity index is 328. The number of carbonyl (C=O) groups is 2. The van der Waals surface area contributed by atoms with Gasteiger partial charge in [-0.25, -0.2) is 4.79 Å². The molecular formula is C13H20N2O3. The molecule has 0 aromatic heterocycles. The number of terminal acetylenes is 1. The molecule has 0 aromatic carbocycles. The number of urea groups is 1. The van der Waals surface area contributed by atoms with Crippen molar-refractivity contribution in [2.75, 3.05) is 19.6 Å². The molecule has 0 atom stereocenters. The number of carboxylic acid groups (broad SMARTS) is 1. The Morgan fingerprint density at radius 1 is 1.39 bits per heavy atom. The van der Waals surface area contributed by atoms with Crippen LogP contribution in [0.1, 0.15) is 32.1 Å². The molecule has 2 amide bonds. The maximum absolute atomic E-state index is 11.7. The van der Waals surface area contributed by atoms with Crippen molar-refractivity contribution in [1.29, 1.82) is 0 Å². The number of nitrogens with one attached hydrogen (secondary N) is 1. The van der Waals surface area contributed by atoms with Gasteiger partial charge in [0.2, 0.25) is 0 Å². The van der Waals surface area contributed by atoms with Gasteiger partial charge in [-0.3, -0.25) is 4.79 Å². The molecule has 0 radical (unpaired) electrons. The first-order valence-corrected chi connectivity index (χ1v) is 6.31. The van der Waals surface area contributed by atoms with Gasteiger partial charge in [-0.05, 0) is 25.2 Å². The molecule has 5 nitrogen and oxygen atoms in total. The van der Waals surface area contributed by atoms with Crippen LogP contribution >= 0.6 is 0 Å². The topological polar surface area (TPSA) is 69.6 Å². The van der Waals surface area contributed by atoms with Crippen LogP contribution < -0.4 is 5.32 Å². The number of aliphatic carboxylic acids is 1. The summed E-state index contributed by atoms with van der Waals surface area (Å²) in [6.07, 6.45) is 8.32. The lowest BCUT2D eigenvalue weighted by Crippen LogP contribution is -2.44. The number of piperidine rings is 1. The minimum absolute atomic E-state index is 0.0687. The average molecular weight is 252 g/mol. The number of carboxylic acids is 1. The summed E-state index contributed by atoms with van der Waals surface area (Å²) >= 11 is 0. The van der Waals surface area contributed by atoms with Crippen LogP contribution in [-0.2, 0) is 4.79 Å². The fourth-order valence-electron chi connectivity index (χ4n) is 2.08. The summed E-state index contributed by atoms with van der Waals surface area (Å²) in [6, 6.07) is -0.0687. The average Bonchev–Trinajstić information content (AvgIpc) is 2.34. The number of amides is 2. The molecule has 1 rings (SSSR count). The first-order chi connectivity index (χ1) is 8.63. The van der Waals surface area contributed by atoms with Crippen molar-refractivity contribution < 1.29 is 14.7 Å². The van der Waals surface area contributed by atoms with Crippen molar-refractivity contribution in [2.45, 2.75) is 32.1 Å². The van der Waals surface area contributed by atoms with Crippen molar-refractivity contribution in [2.24, 2.45) is 5.92 Å². The molecule has 18 heavy (non-hydrogen) atoms. The Kier molecular flexibility index (Phi) is 6.06. The third-order valence-electron chi connectivity index (χ3n) is 3.14. The molecule has 1 fully saturated rings. The molecule has 100 valence electrons. The van der Waals surface area contributed by atoms with Gasteiger partial charge in [0.25, 0.3) is 0 Å². The Morgan fingerprint density at radius 2 is 2.06 bits per heavy atom. The van der Waals surface area contributed by atoms with E-state index in [4.69, 9.17) is 11.5 Å². The van der Waals surface area contributed by atoms with E-state index in [2.05, 4.69) is 11.2 Å². The van der Waals surface area contributed by atoms with E-state index in [9.17, 15) is 9.59 Å². The van der Waals surface area contributed by atoms with Gasteiger partial charge in [-0.15, -0.1) is 12.3 Å². The van der Waals surface area contributed by atoms with Crippen LogP contribution in [0.4, 0.5) is 4.79 Å². The van der Waals surface area contributed by atoms with Gasteiger partial charge in [0.15, 0.2) is 0 Å². The summed E-state index contributed by atoms with van der Waals surface area (Å²) in [5.74, 6) is 1.97. The number of carbonyl (C=O) groups excluding carboxylic acids is 1. The van der Waals surface area contributed by atoms with Crippen LogP contribution in [0.25, 0.3) is 0 Å². The fraction of sp³-hybridized carbons (Fsp3) is 0.692. The Hall–Kier alpha value is -1.70. The van der Waals surface area contributed by atoms with Crippen LogP contribution in [0.5, 0.6) is 0 Å². The minimum atomic E-state index is -0.757. The number of nitrogens with zero attached hydrogens (tertiary/aromatic N) is 1. The van der Waals surface area contributed by atoms with Gasteiger partial charge in [0.1, 0.15) is 0 Å². The van der Waals surface area contributed by atoms with Crippen molar-refractivity contribution in [1.82, 2.24) is 10.2 Å². The molecule has 0 saturated carbocycles. The molecule has 0 aromatic rings. The monoisotopic (exact) mass is 252 g/mol. The molecule has 1 heterocycles. The highest BCUT2D eigenvalue weighted by Gasteiger charge is 2.23. The summed E-state index contributed by atoms with van der Waals surface area (Å²) in [5.41, 5.74) is 0. The Balaban J connectivity index is 2.19. The lowest BCUT2D eigenvalue weighted by Gasteiger charge is -2.31. The highest BCUT2D eigenvalue weighted by Crippen LogP contribution is 2.20. The Morgan fingerprint density at radius 3 is 2.61 bits per heavy atom. The van der Waals surface area contributed by atoms with Crippen molar-refractivity contribution in [3.05, 3.63) is 0 Å². The maximum atomic E-state index is 11.7. The van der Waals surface area contributed by atoms with Crippen LogP contribution in [0.15, 0.2) is 0 Å². The zero-order valence-corrected chi connectivity index (χ0v) is 10.5. The van der Waals surface area contributed by atoms with E-state index in [0.717, 1.165) is 19.3 Å². The summed E-state index contributed by atoms with van der Waals surface area (Å²) in [7, 11) is 0. The van der Waals surface area contributed by atoms with Crippen molar-refractivity contribution in [3.8, 4) is 12.3 Å². The normalized spacial score (nSPS) is 16.1. The number of unbranched alkanes of at least 4 members (excludes halogenated alkanes) is 1. The van der Waals surface area contributed by atoms with E-state index < -0.39 is 5.97 Å². The molecule has 0 bridgehead atoms. The first kappa shape index (κ1) is 14.4. The van der Waals surface area contributed by atoms with Gasteiger partial charge in [-0.1, -0.05) is 0 Å². The van der Waals surface area contributed by atoms with Gasteiger partial charge in [0.05, 0.1) is 0 Å². The summed E-state index contributed by atoms with van der Waals surface area (Å²) in [6.45, 7) is 1.87. The van der Waals surface area contributed by atoms with Crippen LogP contribution in [0.3, 0.4) is 0 Å². The highest BCUT2D eigenvalue weighted by molar-refractivity contribution is 5.74. The molecule has 1 aliphatic rings. The van der Waals surface area contributed by atoms with E-state index in [1.165, 1.54) is 0 Å². The molecule has 0 unspecified atom stereocenters.